The summed E-state index contributed by atoms with van der Waals surface area (Å²) in [5.41, 5.74) is 2.68. The molecular formula is C17H16Cl2FN. The largest absolute Gasteiger partial charge is 0.317 e. The highest BCUT2D eigenvalue weighted by Gasteiger charge is 2.17. The Labute approximate surface area is 134 Å². The summed E-state index contributed by atoms with van der Waals surface area (Å²) in [5, 5.41) is 4.46. The van der Waals surface area contributed by atoms with Crippen molar-refractivity contribution in [3.63, 3.8) is 0 Å². The molecule has 0 atom stereocenters. The van der Waals surface area contributed by atoms with E-state index < -0.39 is 0 Å². The van der Waals surface area contributed by atoms with Crippen molar-refractivity contribution in [1.82, 2.24) is 5.32 Å². The SMILES string of the molecule is Fc1cc(-c2ccc(Cl)cc2Cl)cc(C2CCNCC2)c1. The number of halogens is 3. The Balaban J connectivity index is 2.00. The summed E-state index contributed by atoms with van der Waals surface area (Å²) in [6, 6.07) is 10.5. The van der Waals surface area contributed by atoms with E-state index in [1.807, 2.05) is 12.1 Å². The van der Waals surface area contributed by atoms with Crippen LogP contribution in [0.4, 0.5) is 4.39 Å². The van der Waals surface area contributed by atoms with Crippen LogP contribution in [-0.4, -0.2) is 13.1 Å². The third-order valence-electron chi connectivity index (χ3n) is 3.97. The molecule has 2 aromatic carbocycles. The highest BCUT2D eigenvalue weighted by Crippen LogP contribution is 2.34. The molecule has 1 nitrogen and oxygen atoms in total. The summed E-state index contributed by atoms with van der Waals surface area (Å²) < 4.78 is 14.0. The van der Waals surface area contributed by atoms with Crippen molar-refractivity contribution < 1.29 is 4.39 Å². The minimum Gasteiger partial charge on any atom is -0.317 e. The molecule has 1 N–H and O–H groups in total. The number of nitrogens with one attached hydrogen (secondary N) is 1. The maximum absolute atomic E-state index is 14.0. The van der Waals surface area contributed by atoms with E-state index in [2.05, 4.69) is 5.32 Å². The number of piperidine rings is 1. The fraction of sp³-hybridized carbons (Fsp3) is 0.294. The van der Waals surface area contributed by atoms with Crippen molar-refractivity contribution in [3.8, 4) is 11.1 Å². The third-order valence-corrected chi connectivity index (χ3v) is 4.52. The van der Waals surface area contributed by atoms with Crippen LogP contribution < -0.4 is 5.32 Å². The van der Waals surface area contributed by atoms with Gasteiger partial charge in [-0.3, -0.25) is 0 Å². The first-order valence-electron chi connectivity index (χ1n) is 7.10. The molecule has 0 bridgehead atoms. The van der Waals surface area contributed by atoms with Crippen LogP contribution in [0, 0.1) is 5.82 Å². The Kier molecular flexibility index (Phi) is 4.48. The lowest BCUT2D eigenvalue weighted by atomic mass is 9.88. The highest BCUT2D eigenvalue weighted by atomic mass is 35.5. The van der Waals surface area contributed by atoms with Crippen LogP contribution in [0.5, 0.6) is 0 Å². The Morgan fingerprint density at radius 2 is 1.76 bits per heavy atom. The first-order chi connectivity index (χ1) is 10.1. The van der Waals surface area contributed by atoms with Gasteiger partial charge in [-0.25, -0.2) is 4.39 Å². The molecule has 1 heterocycles. The second-order valence-corrected chi connectivity index (χ2v) is 6.27. The van der Waals surface area contributed by atoms with E-state index in [1.165, 1.54) is 6.07 Å². The lowest BCUT2D eigenvalue weighted by Gasteiger charge is -2.23. The van der Waals surface area contributed by atoms with Gasteiger partial charge in [0.15, 0.2) is 0 Å². The van der Waals surface area contributed by atoms with Crippen molar-refractivity contribution in [2.75, 3.05) is 13.1 Å². The maximum Gasteiger partial charge on any atom is 0.124 e. The molecule has 1 saturated heterocycles. The molecule has 21 heavy (non-hydrogen) atoms. The molecule has 0 amide bonds. The Morgan fingerprint density at radius 1 is 1.00 bits per heavy atom. The van der Waals surface area contributed by atoms with Gasteiger partial charge in [0.2, 0.25) is 0 Å². The van der Waals surface area contributed by atoms with Gasteiger partial charge in [-0.2, -0.15) is 0 Å². The molecule has 0 saturated carbocycles. The van der Waals surface area contributed by atoms with E-state index in [0.29, 0.717) is 16.0 Å². The van der Waals surface area contributed by atoms with E-state index in [0.717, 1.165) is 42.6 Å². The van der Waals surface area contributed by atoms with Crippen LogP contribution in [-0.2, 0) is 0 Å². The van der Waals surface area contributed by atoms with E-state index in [9.17, 15) is 4.39 Å². The zero-order valence-electron chi connectivity index (χ0n) is 11.5. The second-order valence-electron chi connectivity index (χ2n) is 5.42. The Bertz CT molecular complexity index is 651. The molecule has 0 spiro atoms. The quantitative estimate of drug-likeness (QED) is 0.794. The molecule has 0 aliphatic carbocycles. The average Bonchev–Trinajstić information content (AvgIpc) is 2.47. The Morgan fingerprint density at radius 3 is 2.48 bits per heavy atom. The fourth-order valence-electron chi connectivity index (χ4n) is 2.88. The van der Waals surface area contributed by atoms with Gasteiger partial charge in [0.25, 0.3) is 0 Å². The summed E-state index contributed by atoms with van der Waals surface area (Å²) in [7, 11) is 0. The number of benzene rings is 2. The van der Waals surface area contributed by atoms with Crippen molar-refractivity contribution in [1.29, 1.82) is 0 Å². The van der Waals surface area contributed by atoms with Crippen LogP contribution in [0.3, 0.4) is 0 Å². The number of rotatable bonds is 2. The van der Waals surface area contributed by atoms with Crippen molar-refractivity contribution >= 4 is 23.2 Å². The predicted octanol–water partition coefficient (Wildman–Crippen LogP) is 5.27. The van der Waals surface area contributed by atoms with Crippen LogP contribution in [0.1, 0.15) is 24.3 Å². The van der Waals surface area contributed by atoms with E-state index >= 15 is 0 Å². The highest BCUT2D eigenvalue weighted by molar-refractivity contribution is 6.36. The van der Waals surface area contributed by atoms with Crippen LogP contribution in [0.15, 0.2) is 36.4 Å². The minimum absolute atomic E-state index is 0.216. The van der Waals surface area contributed by atoms with Gasteiger partial charge in [0, 0.05) is 15.6 Å². The maximum atomic E-state index is 14.0. The van der Waals surface area contributed by atoms with Gasteiger partial charge >= 0.3 is 0 Å². The number of hydrogen-bond donors (Lipinski definition) is 1. The summed E-state index contributed by atoms with van der Waals surface area (Å²) in [6.45, 7) is 1.97. The van der Waals surface area contributed by atoms with Crippen LogP contribution in [0.2, 0.25) is 10.0 Å². The monoisotopic (exact) mass is 323 g/mol. The van der Waals surface area contributed by atoms with E-state index in [4.69, 9.17) is 23.2 Å². The molecule has 0 radical (unpaired) electrons. The predicted molar refractivity (Wildman–Crippen MR) is 86.7 cm³/mol. The lowest BCUT2D eigenvalue weighted by Crippen LogP contribution is -2.26. The standard InChI is InChI=1S/C17H16Cl2FN/c18-14-1-2-16(17(19)10-14)13-7-12(8-15(20)9-13)11-3-5-21-6-4-11/h1-2,7-11,21H,3-6H2. The molecule has 4 heteroatoms. The molecule has 1 aliphatic rings. The van der Waals surface area contributed by atoms with Gasteiger partial charge in [-0.1, -0.05) is 35.3 Å². The zero-order chi connectivity index (χ0) is 14.8. The Hall–Kier alpha value is -1.09. The van der Waals surface area contributed by atoms with Crippen molar-refractivity contribution in [2.24, 2.45) is 0 Å². The molecule has 0 unspecified atom stereocenters. The summed E-state index contributed by atoms with van der Waals surface area (Å²) in [4.78, 5) is 0. The summed E-state index contributed by atoms with van der Waals surface area (Å²) >= 11 is 12.2. The smallest absolute Gasteiger partial charge is 0.124 e. The van der Waals surface area contributed by atoms with Crippen LogP contribution >= 0.6 is 23.2 Å². The van der Waals surface area contributed by atoms with E-state index in [1.54, 1.807) is 18.2 Å². The lowest BCUT2D eigenvalue weighted by molar-refractivity contribution is 0.458. The second kappa shape index (κ2) is 6.35. The first kappa shape index (κ1) is 14.8. The first-order valence-corrected chi connectivity index (χ1v) is 7.86. The average molecular weight is 324 g/mol. The topological polar surface area (TPSA) is 12.0 Å². The number of hydrogen-bond acceptors (Lipinski definition) is 1. The minimum atomic E-state index is -0.216. The molecular weight excluding hydrogens is 308 g/mol. The molecule has 2 aromatic rings. The normalized spacial score (nSPS) is 16.1. The fourth-order valence-corrected chi connectivity index (χ4v) is 3.40. The van der Waals surface area contributed by atoms with Gasteiger partial charge in [0.05, 0.1) is 0 Å². The molecule has 0 aromatic heterocycles. The van der Waals surface area contributed by atoms with Crippen LogP contribution in [0.25, 0.3) is 11.1 Å². The van der Waals surface area contributed by atoms with Gasteiger partial charge < -0.3 is 5.32 Å². The van der Waals surface area contributed by atoms with Crippen molar-refractivity contribution in [3.05, 3.63) is 57.8 Å². The zero-order valence-corrected chi connectivity index (χ0v) is 13.0. The van der Waals surface area contributed by atoms with Gasteiger partial charge in [-0.15, -0.1) is 0 Å². The van der Waals surface area contributed by atoms with Crippen molar-refractivity contribution in [2.45, 2.75) is 18.8 Å². The molecule has 1 aliphatic heterocycles. The molecule has 3 rings (SSSR count). The summed E-state index contributed by atoms with van der Waals surface area (Å²) in [6.07, 6.45) is 2.08. The van der Waals surface area contributed by atoms with Gasteiger partial charge in [0.1, 0.15) is 5.82 Å². The third kappa shape index (κ3) is 3.39. The summed E-state index contributed by atoms with van der Waals surface area (Å²) in [5.74, 6) is 0.193. The van der Waals surface area contributed by atoms with Gasteiger partial charge in [-0.05, 0) is 67.2 Å². The molecule has 1 fully saturated rings. The molecule has 110 valence electrons. The van der Waals surface area contributed by atoms with E-state index in [-0.39, 0.29) is 5.82 Å².